The minimum Gasteiger partial charge on any atom is -0.488 e. The van der Waals surface area contributed by atoms with Gasteiger partial charge in [0.2, 0.25) is 0 Å². The second-order valence-corrected chi connectivity index (χ2v) is 5.14. The third-order valence-electron chi connectivity index (χ3n) is 3.82. The average Bonchev–Trinajstić information content (AvgIpc) is 2.56. The van der Waals surface area contributed by atoms with Gasteiger partial charge in [0.25, 0.3) is 0 Å². The minimum absolute atomic E-state index is 0.279. The summed E-state index contributed by atoms with van der Waals surface area (Å²) in [5.41, 5.74) is 6.33. The van der Waals surface area contributed by atoms with Crippen LogP contribution in [-0.4, -0.2) is 11.1 Å². The van der Waals surface area contributed by atoms with Crippen LogP contribution < -0.4 is 10.5 Å². The Morgan fingerprint density at radius 1 is 1.25 bits per heavy atom. The number of fused-ring (bicyclic) bond motifs is 2. The van der Waals surface area contributed by atoms with E-state index in [9.17, 15) is 9.50 Å². The Morgan fingerprint density at radius 3 is 2.75 bits per heavy atom. The Balaban J connectivity index is 2.33. The van der Waals surface area contributed by atoms with Crippen LogP contribution in [0.2, 0.25) is 0 Å². The number of hydrogen-bond donors (Lipinski definition) is 2. The molecule has 0 spiro atoms. The number of hydrogen-bond acceptors (Lipinski definition) is 3. The lowest BCUT2D eigenvalue weighted by Gasteiger charge is -2.33. The molecule has 3 rings (SSSR count). The van der Waals surface area contributed by atoms with Crippen LogP contribution in [0.3, 0.4) is 0 Å². The van der Waals surface area contributed by atoms with Crippen molar-refractivity contribution < 1.29 is 14.2 Å². The molecule has 3 nitrogen and oxygen atoms in total. The highest BCUT2D eigenvalue weighted by atomic mass is 19.1. The number of nitrogens with two attached hydrogens (primary N) is 1. The highest BCUT2D eigenvalue weighted by Crippen LogP contribution is 2.42. The summed E-state index contributed by atoms with van der Waals surface area (Å²) >= 11 is 0. The maximum Gasteiger partial charge on any atom is 0.133 e. The van der Waals surface area contributed by atoms with Gasteiger partial charge >= 0.3 is 0 Å². The first-order valence-corrected chi connectivity index (χ1v) is 6.52. The summed E-state index contributed by atoms with van der Waals surface area (Å²) in [6.45, 7) is 1.98. The number of para-hydroxylation sites is 1. The third kappa shape index (κ3) is 1.80. The Morgan fingerprint density at radius 2 is 2.00 bits per heavy atom. The van der Waals surface area contributed by atoms with E-state index in [1.165, 1.54) is 12.1 Å². The van der Waals surface area contributed by atoms with E-state index in [0.29, 0.717) is 16.9 Å². The predicted molar refractivity (Wildman–Crippen MR) is 73.8 cm³/mol. The molecule has 4 heteroatoms. The average molecular weight is 273 g/mol. The maximum absolute atomic E-state index is 13.6. The normalized spacial score (nSPS) is 22.2. The van der Waals surface area contributed by atoms with Gasteiger partial charge < -0.3 is 15.6 Å². The third-order valence-corrected chi connectivity index (χ3v) is 3.82. The summed E-state index contributed by atoms with van der Waals surface area (Å²) in [5, 5.41) is 11.2. The summed E-state index contributed by atoms with van der Waals surface area (Å²) in [6, 6.07) is 10.9. The van der Waals surface area contributed by atoms with E-state index >= 15 is 0 Å². The number of aliphatic hydroxyl groups is 1. The highest BCUT2D eigenvalue weighted by Gasteiger charge is 2.41. The smallest absolute Gasteiger partial charge is 0.133 e. The van der Waals surface area contributed by atoms with Crippen LogP contribution in [0.15, 0.2) is 42.5 Å². The molecule has 0 saturated carbocycles. The maximum atomic E-state index is 13.6. The van der Waals surface area contributed by atoms with Gasteiger partial charge in [-0.2, -0.15) is 0 Å². The summed E-state index contributed by atoms with van der Waals surface area (Å²) in [6.07, 6.45) is 0. The van der Waals surface area contributed by atoms with Gasteiger partial charge in [-0.1, -0.05) is 24.3 Å². The van der Waals surface area contributed by atoms with Crippen molar-refractivity contribution >= 4 is 0 Å². The van der Waals surface area contributed by atoms with Crippen LogP contribution in [0.5, 0.6) is 5.75 Å². The van der Waals surface area contributed by atoms with Crippen molar-refractivity contribution in [3.8, 4) is 5.75 Å². The molecule has 20 heavy (non-hydrogen) atoms. The van der Waals surface area contributed by atoms with E-state index in [-0.39, 0.29) is 6.61 Å². The SMILES string of the molecule is CC(N)C1(O)c2cc(F)ccc2COc2ccccc21. The summed E-state index contributed by atoms with van der Waals surface area (Å²) in [4.78, 5) is 0. The molecule has 2 aromatic carbocycles. The van der Waals surface area contributed by atoms with Crippen LogP contribution in [0.4, 0.5) is 4.39 Å². The first-order chi connectivity index (χ1) is 9.53. The quantitative estimate of drug-likeness (QED) is 0.838. The standard InChI is InChI=1S/C16H16FNO2/c1-10(18)16(19)13-4-2-3-5-15(13)20-9-11-6-7-12(17)8-14(11)16/h2-8,10,19H,9,18H2,1H3. The molecular weight excluding hydrogens is 257 g/mol. The lowest BCUT2D eigenvalue weighted by Crippen LogP contribution is -2.44. The van der Waals surface area contributed by atoms with Gasteiger partial charge in [-0.25, -0.2) is 4.39 Å². The molecule has 3 N–H and O–H groups in total. The van der Waals surface area contributed by atoms with Gasteiger partial charge in [0.15, 0.2) is 0 Å². The second kappa shape index (κ2) is 4.58. The van der Waals surface area contributed by atoms with Crippen molar-refractivity contribution in [3.63, 3.8) is 0 Å². The van der Waals surface area contributed by atoms with Crippen molar-refractivity contribution in [1.29, 1.82) is 0 Å². The van der Waals surface area contributed by atoms with Gasteiger partial charge in [-0.3, -0.25) is 0 Å². The first kappa shape index (κ1) is 13.1. The fraction of sp³-hybridized carbons (Fsp3) is 0.250. The van der Waals surface area contributed by atoms with Gasteiger partial charge in [-0.15, -0.1) is 0 Å². The number of ether oxygens (including phenoxy) is 1. The molecule has 0 radical (unpaired) electrons. The lowest BCUT2D eigenvalue weighted by molar-refractivity contribution is 0.0569. The van der Waals surface area contributed by atoms with Crippen molar-refractivity contribution in [3.05, 3.63) is 65.0 Å². The largest absolute Gasteiger partial charge is 0.488 e. The number of benzene rings is 2. The first-order valence-electron chi connectivity index (χ1n) is 6.52. The van der Waals surface area contributed by atoms with Gasteiger partial charge in [-0.05, 0) is 36.2 Å². The zero-order valence-corrected chi connectivity index (χ0v) is 11.1. The van der Waals surface area contributed by atoms with E-state index in [0.717, 1.165) is 5.56 Å². The summed E-state index contributed by atoms with van der Waals surface area (Å²) in [5.74, 6) is 0.172. The Hall–Kier alpha value is -1.91. The Labute approximate surface area is 116 Å². The monoisotopic (exact) mass is 273 g/mol. The Bertz CT molecular complexity index is 657. The van der Waals surface area contributed by atoms with Crippen LogP contribution in [0.25, 0.3) is 0 Å². The molecule has 0 amide bonds. The molecule has 1 heterocycles. The molecule has 0 bridgehead atoms. The van der Waals surface area contributed by atoms with Gasteiger partial charge in [0, 0.05) is 11.6 Å². The fourth-order valence-corrected chi connectivity index (χ4v) is 2.73. The second-order valence-electron chi connectivity index (χ2n) is 5.14. The van der Waals surface area contributed by atoms with Crippen molar-refractivity contribution in [1.82, 2.24) is 0 Å². The molecule has 1 aliphatic rings. The molecule has 2 atom stereocenters. The van der Waals surface area contributed by atoms with E-state index in [2.05, 4.69) is 0 Å². The highest BCUT2D eigenvalue weighted by molar-refractivity contribution is 5.50. The summed E-state index contributed by atoms with van der Waals surface area (Å²) in [7, 11) is 0. The van der Waals surface area contributed by atoms with Crippen LogP contribution in [0.1, 0.15) is 23.6 Å². The van der Waals surface area contributed by atoms with Crippen molar-refractivity contribution in [2.45, 2.75) is 25.2 Å². The minimum atomic E-state index is -1.47. The lowest BCUT2D eigenvalue weighted by atomic mass is 9.79. The molecule has 0 fully saturated rings. The fourth-order valence-electron chi connectivity index (χ4n) is 2.73. The topological polar surface area (TPSA) is 55.5 Å². The molecule has 1 aliphatic heterocycles. The van der Waals surface area contributed by atoms with Crippen LogP contribution in [-0.2, 0) is 12.2 Å². The Kier molecular flexibility index (Phi) is 3.00. The van der Waals surface area contributed by atoms with E-state index < -0.39 is 17.5 Å². The molecule has 0 aromatic heterocycles. The van der Waals surface area contributed by atoms with Gasteiger partial charge in [0.1, 0.15) is 23.8 Å². The molecule has 0 saturated heterocycles. The van der Waals surface area contributed by atoms with E-state index in [1.807, 2.05) is 6.07 Å². The summed E-state index contributed by atoms with van der Waals surface area (Å²) < 4.78 is 19.3. The number of rotatable bonds is 1. The molecule has 104 valence electrons. The molecule has 2 aromatic rings. The zero-order chi connectivity index (χ0) is 14.3. The van der Waals surface area contributed by atoms with Crippen LogP contribution in [0, 0.1) is 5.82 Å². The molecule has 2 unspecified atom stereocenters. The molecule has 0 aliphatic carbocycles. The van der Waals surface area contributed by atoms with E-state index in [4.69, 9.17) is 10.5 Å². The number of halogens is 1. The van der Waals surface area contributed by atoms with Gasteiger partial charge in [0.05, 0.1) is 0 Å². The molecular formula is C16H16FNO2. The van der Waals surface area contributed by atoms with Crippen molar-refractivity contribution in [2.24, 2.45) is 5.73 Å². The zero-order valence-electron chi connectivity index (χ0n) is 11.1. The van der Waals surface area contributed by atoms with Crippen LogP contribution >= 0.6 is 0 Å². The van der Waals surface area contributed by atoms with E-state index in [1.54, 1.807) is 31.2 Å². The predicted octanol–water partition coefficient (Wildman–Crippen LogP) is 2.30. The van der Waals surface area contributed by atoms with Crippen molar-refractivity contribution in [2.75, 3.05) is 0 Å².